The van der Waals surface area contributed by atoms with Crippen molar-refractivity contribution in [1.82, 2.24) is 0 Å². The van der Waals surface area contributed by atoms with E-state index in [4.69, 9.17) is 11.6 Å². The van der Waals surface area contributed by atoms with E-state index >= 15 is 0 Å². The van der Waals surface area contributed by atoms with Crippen LogP contribution in [-0.2, 0) is 0 Å². The third kappa shape index (κ3) is 5.22. The highest BCUT2D eigenvalue weighted by Crippen LogP contribution is 2.23. The highest BCUT2D eigenvalue weighted by Gasteiger charge is 2.26. The predicted molar refractivity (Wildman–Crippen MR) is 60.4 cm³/mol. The summed E-state index contributed by atoms with van der Waals surface area (Å²) in [5.41, 5.74) is 1.19. The van der Waals surface area contributed by atoms with E-state index in [0.717, 1.165) is 5.56 Å². The van der Waals surface area contributed by atoms with Crippen LogP contribution in [0.3, 0.4) is 0 Å². The molecule has 94 valence electrons. The van der Waals surface area contributed by atoms with Crippen molar-refractivity contribution >= 4 is 17.4 Å². The summed E-state index contributed by atoms with van der Waals surface area (Å²) in [6.07, 6.45) is -5.43. The number of hydrogen-bond acceptors (Lipinski definition) is 1. The Kier molecular flexibility index (Phi) is 4.57. The molecule has 0 aliphatic heterocycles. The number of Topliss-reactive ketones (excluding diaryl/α,β-unsaturated/α-hetero) is 1. The summed E-state index contributed by atoms with van der Waals surface area (Å²) >= 11 is 5.77. The highest BCUT2D eigenvalue weighted by atomic mass is 35.5. The van der Waals surface area contributed by atoms with Crippen molar-refractivity contribution in [1.29, 1.82) is 0 Å². The van der Waals surface area contributed by atoms with Gasteiger partial charge in [0.25, 0.3) is 0 Å². The molecule has 1 aromatic rings. The summed E-state index contributed by atoms with van der Waals surface area (Å²) in [7, 11) is 0. The van der Waals surface area contributed by atoms with Crippen molar-refractivity contribution in [2.45, 2.75) is 32.4 Å². The van der Waals surface area contributed by atoms with Crippen molar-refractivity contribution in [3.63, 3.8) is 0 Å². The van der Waals surface area contributed by atoms with Crippen molar-refractivity contribution in [2.24, 2.45) is 0 Å². The van der Waals surface area contributed by atoms with Crippen LogP contribution in [0.4, 0.5) is 13.2 Å². The zero-order valence-electron chi connectivity index (χ0n) is 9.27. The van der Waals surface area contributed by atoms with Gasteiger partial charge in [0, 0.05) is 23.4 Å². The van der Waals surface area contributed by atoms with Crippen molar-refractivity contribution < 1.29 is 18.0 Å². The van der Waals surface area contributed by atoms with Crippen LogP contribution in [0.2, 0.25) is 5.02 Å². The normalized spacial score (nSPS) is 11.6. The molecule has 0 spiro atoms. The lowest BCUT2D eigenvalue weighted by molar-refractivity contribution is -0.135. The molecule has 0 saturated heterocycles. The molecule has 5 heteroatoms. The Morgan fingerprint density at radius 3 is 2.47 bits per heavy atom. The zero-order valence-corrected chi connectivity index (χ0v) is 10.0. The number of rotatable bonds is 4. The van der Waals surface area contributed by atoms with E-state index in [1.165, 1.54) is 6.07 Å². The first-order valence-electron chi connectivity index (χ1n) is 5.15. The Labute approximate surface area is 103 Å². The van der Waals surface area contributed by atoms with Gasteiger partial charge < -0.3 is 0 Å². The molecule has 1 aromatic carbocycles. The van der Waals surface area contributed by atoms with E-state index in [1.807, 2.05) is 0 Å². The minimum absolute atomic E-state index is 0.112. The van der Waals surface area contributed by atoms with E-state index in [1.54, 1.807) is 19.1 Å². The first-order valence-corrected chi connectivity index (χ1v) is 5.53. The summed E-state index contributed by atoms with van der Waals surface area (Å²) < 4.78 is 35.7. The third-order valence-electron chi connectivity index (χ3n) is 2.23. The third-order valence-corrected chi connectivity index (χ3v) is 2.45. The second kappa shape index (κ2) is 5.54. The monoisotopic (exact) mass is 264 g/mol. The van der Waals surface area contributed by atoms with Crippen LogP contribution in [0.15, 0.2) is 18.2 Å². The Bertz CT molecular complexity index is 392. The number of halogens is 4. The van der Waals surface area contributed by atoms with E-state index < -0.39 is 12.6 Å². The maximum Gasteiger partial charge on any atom is 0.389 e. The molecule has 0 radical (unpaired) electrons. The molecular formula is C12H12ClF3O. The van der Waals surface area contributed by atoms with Crippen LogP contribution in [-0.4, -0.2) is 12.0 Å². The number of carbonyl (C=O) groups is 1. The molecule has 0 amide bonds. The lowest BCUT2D eigenvalue weighted by atomic mass is 10.0. The van der Waals surface area contributed by atoms with Crippen LogP contribution in [0.1, 0.15) is 35.2 Å². The van der Waals surface area contributed by atoms with Gasteiger partial charge in [-0.1, -0.05) is 11.6 Å². The largest absolute Gasteiger partial charge is 0.389 e. The molecule has 0 heterocycles. The zero-order chi connectivity index (χ0) is 13.1. The van der Waals surface area contributed by atoms with Gasteiger partial charge in [-0.25, -0.2) is 0 Å². The van der Waals surface area contributed by atoms with Gasteiger partial charge in [-0.2, -0.15) is 13.2 Å². The molecule has 0 aliphatic rings. The maximum absolute atomic E-state index is 11.9. The minimum atomic E-state index is -4.20. The fourth-order valence-corrected chi connectivity index (χ4v) is 1.78. The lowest BCUT2D eigenvalue weighted by Crippen LogP contribution is -2.08. The fourth-order valence-electron chi connectivity index (χ4n) is 1.49. The maximum atomic E-state index is 11.9. The number of hydrogen-bond donors (Lipinski definition) is 0. The first kappa shape index (κ1) is 14.0. The summed E-state index contributed by atoms with van der Waals surface area (Å²) in [6, 6.07) is 4.79. The van der Waals surface area contributed by atoms with Gasteiger partial charge >= 0.3 is 6.18 Å². The Morgan fingerprint density at radius 1 is 1.29 bits per heavy atom. The molecule has 0 atom stereocenters. The Morgan fingerprint density at radius 2 is 1.94 bits per heavy atom. The van der Waals surface area contributed by atoms with Crippen molar-refractivity contribution in [3.05, 3.63) is 34.3 Å². The van der Waals surface area contributed by atoms with Gasteiger partial charge in [0.15, 0.2) is 5.78 Å². The molecule has 1 rings (SSSR count). The molecule has 0 saturated carbocycles. The molecule has 0 N–H and O–H groups in total. The van der Waals surface area contributed by atoms with Gasteiger partial charge in [0.2, 0.25) is 0 Å². The van der Waals surface area contributed by atoms with Crippen LogP contribution >= 0.6 is 11.6 Å². The Balaban J connectivity index is 2.58. The second-order valence-corrected chi connectivity index (χ2v) is 4.35. The van der Waals surface area contributed by atoms with Crippen LogP contribution in [0.5, 0.6) is 0 Å². The molecule has 0 fully saturated rings. The summed E-state index contributed by atoms with van der Waals surface area (Å²) in [5, 5.41) is 0.421. The topological polar surface area (TPSA) is 17.1 Å². The van der Waals surface area contributed by atoms with Crippen LogP contribution in [0.25, 0.3) is 0 Å². The summed E-state index contributed by atoms with van der Waals surface area (Å²) in [4.78, 5) is 11.6. The number of ketones is 1. The standard InChI is InChI=1S/C12H12ClF3O/c1-8-5-9(7-10(13)6-8)11(17)3-2-4-12(14,15)16/h5-7H,2-4H2,1H3. The van der Waals surface area contributed by atoms with Crippen molar-refractivity contribution in [3.8, 4) is 0 Å². The fraction of sp³-hybridized carbons (Fsp3) is 0.417. The minimum Gasteiger partial charge on any atom is -0.294 e. The summed E-state index contributed by atoms with van der Waals surface area (Å²) in [5.74, 6) is -0.306. The highest BCUT2D eigenvalue weighted by molar-refractivity contribution is 6.31. The average molecular weight is 265 g/mol. The number of benzene rings is 1. The van der Waals surface area contributed by atoms with Gasteiger partial charge in [-0.05, 0) is 37.1 Å². The number of carbonyl (C=O) groups excluding carboxylic acids is 1. The van der Waals surface area contributed by atoms with Gasteiger partial charge in [-0.15, -0.1) is 0 Å². The molecule has 0 aromatic heterocycles. The van der Waals surface area contributed by atoms with Gasteiger partial charge in [0.05, 0.1) is 0 Å². The van der Waals surface area contributed by atoms with Gasteiger partial charge in [0.1, 0.15) is 0 Å². The first-order chi connectivity index (χ1) is 7.78. The van der Waals surface area contributed by atoms with E-state index in [-0.39, 0.29) is 18.6 Å². The molecular weight excluding hydrogens is 253 g/mol. The number of aryl methyl sites for hydroxylation is 1. The molecule has 0 aliphatic carbocycles. The quantitative estimate of drug-likeness (QED) is 0.729. The SMILES string of the molecule is Cc1cc(Cl)cc(C(=O)CCCC(F)(F)F)c1. The molecule has 1 nitrogen and oxygen atoms in total. The van der Waals surface area contributed by atoms with E-state index in [9.17, 15) is 18.0 Å². The van der Waals surface area contributed by atoms with Gasteiger partial charge in [-0.3, -0.25) is 4.79 Å². The van der Waals surface area contributed by atoms with E-state index in [0.29, 0.717) is 10.6 Å². The van der Waals surface area contributed by atoms with Crippen molar-refractivity contribution in [2.75, 3.05) is 0 Å². The molecule has 0 unspecified atom stereocenters. The summed E-state index contributed by atoms with van der Waals surface area (Å²) in [6.45, 7) is 1.78. The smallest absolute Gasteiger partial charge is 0.294 e. The average Bonchev–Trinajstić information content (AvgIpc) is 2.13. The number of alkyl halides is 3. The van der Waals surface area contributed by atoms with Crippen LogP contribution in [0, 0.1) is 6.92 Å². The lowest BCUT2D eigenvalue weighted by Gasteiger charge is -2.06. The second-order valence-electron chi connectivity index (χ2n) is 3.91. The van der Waals surface area contributed by atoms with Crippen LogP contribution < -0.4 is 0 Å². The predicted octanol–water partition coefficient (Wildman–Crippen LogP) is 4.56. The molecule has 17 heavy (non-hydrogen) atoms. The molecule has 0 bridgehead atoms. The van der Waals surface area contributed by atoms with E-state index in [2.05, 4.69) is 0 Å². The Hall–Kier alpha value is -1.03.